The highest BCUT2D eigenvalue weighted by Crippen LogP contribution is 2.35. The van der Waals surface area contributed by atoms with Crippen LogP contribution in [0.3, 0.4) is 0 Å². The molecule has 0 heterocycles. The second-order valence-electron chi connectivity index (χ2n) is 4.56. The fourth-order valence-corrected chi connectivity index (χ4v) is 2.53. The minimum Gasteiger partial charge on any atom is -0.327 e. The quantitative estimate of drug-likeness (QED) is 0.722. The molecule has 1 aliphatic carbocycles. The van der Waals surface area contributed by atoms with E-state index in [0.717, 1.165) is 0 Å². The first-order chi connectivity index (χ1) is 6.68. The van der Waals surface area contributed by atoms with Crippen LogP contribution in [0.5, 0.6) is 0 Å². The molecule has 1 saturated carbocycles. The third kappa shape index (κ3) is 1.69. The highest BCUT2D eigenvalue weighted by Gasteiger charge is 2.26. The average Bonchev–Trinajstić information content (AvgIpc) is 2.56. The summed E-state index contributed by atoms with van der Waals surface area (Å²) in [5.74, 6) is 0.606. The van der Waals surface area contributed by atoms with Gasteiger partial charge in [0.2, 0.25) is 0 Å². The van der Waals surface area contributed by atoms with Gasteiger partial charge in [0.15, 0.2) is 0 Å². The van der Waals surface area contributed by atoms with Gasteiger partial charge in [0.05, 0.1) is 0 Å². The van der Waals surface area contributed by atoms with Crippen molar-refractivity contribution in [3.8, 4) is 0 Å². The van der Waals surface area contributed by atoms with Gasteiger partial charge in [-0.3, -0.25) is 0 Å². The van der Waals surface area contributed by atoms with Gasteiger partial charge in [-0.05, 0) is 43.7 Å². The summed E-state index contributed by atoms with van der Waals surface area (Å²) in [6.45, 7) is 4.35. The van der Waals surface area contributed by atoms with Crippen molar-refractivity contribution in [3.63, 3.8) is 0 Å². The molecule has 2 atom stereocenters. The van der Waals surface area contributed by atoms with E-state index in [1.165, 1.54) is 36.0 Å². The molecular weight excluding hydrogens is 170 g/mol. The van der Waals surface area contributed by atoms with Gasteiger partial charge in [-0.2, -0.15) is 0 Å². The maximum Gasteiger partial charge on any atom is 0.0108 e. The van der Waals surface area contributed by atoms with Crippen LogP contribution in [0.4, 0.5) is 0 Å². The van der Waals surface area contributed by atoms with Crippen LogP contribution in [0.15, 0.2) is 18.2 Å². The van der Waals surface area contributed by atoms with Crippen LogP contribution in [0.25, 0.3) is 0 Å². The molecule has 1 aromatic rings. The monoisotopic (exact) mass is 189 g/mol. The Labute approximate surface area is 86.3 Å². The molecule has 2 rings (SSSR count). The SMILES string of the molecule is Cc1ccc(C)c(C2CCCC2N)c1. The van der Waals surface area contributed by atoms with Crippen LogP contribution in [0, 0.1) is 13.8 Å². The molecule has 2 N–H and O–H groups in total. The lowest BCUT2D eigenvalue weighted by atomic mass is 9.90. The number of aryl methyl sites for hydroxylation is 2. The van der Waals surface area contributed by atoms with Crippen LogP contribution in [-0.4, -0.2) is 6.04 Å². The van der Waals surface area contributed by atoms with Crippen LogP contribution < -0.4 is 5.73 Å². The van der Waals surface area contributed by atoms with E-state index in [1.807, 2.05) is 0 Å². The van der Waals surface area contributed by atoms with E-state index >= 15 is 0 Å². The molecule has 1 heteroatoms. The largest absolute Gasteiger partial charge is 0.327 e. The summed E-state index contributed by atoms with van der Waals surface area (Å²) in [4.78, 5) is 0. The van der Waals surface area contributed by atoms with Crippen molar-refractivity contribution in [2.24, 2.45) is 5.73 Å². The Bertz CT molecular complexity index is 330. The van der Waals surface area contributed by atoms with Crippen molar-refractivity contribution < 1.29 is 0 Å². The fraction of sp³-hybridized carbons (Fsp3) is 0.538. The molecule has 0 aliphatic heterocycles. The van der Waals surface area contributed by atoms with Gasteiger partial charge in [0.1, 0.15) is 0 Å². The second kappa shape index (κ2) is 3.74. The van der Waals surface area contributed by atoms with Gasteiger partial charge in [-0.1, -0.05) is 30.2 Å². The lowest BCUT2D eigenvalue weighted by Gasteiger charge is -2.18. The van der Waals surface area contributed by atoms with Crippen molar-refractivity contribution in [2.75, 3.05) is 0 Å². The van der Waals surface area contributed by atoms with E-state index in [2.05, 4.69) is 32.0 Å². The second-order valence-corrected chi connectivity index (χ2v) is 4.56. The standard InChI is InChI=1S/C13H19N/c1-9-6-7-10(2)12(8-9)11-4-3-5-13(11)14/h6-8,11,13H,3-5,14H2,1-2H3. The minimum atomic E-state index is 0.385. The molecule has 0 spiro atoms. The Morgan fingerprint density at radius 2 is 2.00 bits per heavy atom. The molecule has 0 bridgehead atoms. The van der Waals surface area contributed by atoms with Crippen LogP contribution in [0.1, 0.15) is 41.9 Å². The Kier molecular flexibility index (Phi) is 2.60. The topological polar surface area (TPSA) is 26.0 Å². The average molecular weight is 189 g/mol. The Hall–Kier alpha value is -0.820. The predicted molar refractivity (Wildman–Crippen MR) is 60.5 cm³/mol. The number of hydrogen-bond donors (Lipinski definition) is 1. The molecule has 2 unspecified atom stereocenters. The highest BCUT2D eigenvalue weighted by molar-refractivity contribution is 5.34. The highest BCUT2D eigenvalue weighted by atomic mass is 14.7. The van der Waals surface area contributed by atoms with Crippen molar-refractivity contribution in [3.05, 3.63) is 34.9 Å². The molecule has 1 aliphatic rings. The fourth-order valence-electron chi connectivity index (χ4n) is 2.53. The molecule has 1 aromatic carbocycles. The van der Waals surface area contributed by atoms with Crippen molar-refractivity contribution >= 4 is 0 Å². The first-order valence-corrected chi connectivity index (χ1v) is 5.51. The van der Waals surface area contributed by atoms with Crippen molar-refractivity contribution in [1.29, 1.82) is 0 Å². The number of nitrogens with two attached hydrogens (primary N) is 1. The minimum absolute atomic E-state index is 0.385. The predicted octanol–water partition coefficient (Wildman–Crippen LogP) is 2.90. The van der Waals surface area contributed by atoms with E-state index in [4.69, 9.17) is 5.73 Å². The molecule has 1 fully saturated rings. The summed E-state index contributed by atoms with van der Waals surface area (Å²) in [6.07, 6.45) is 3.75. The lowest BCUT2D eigenvalue weighted by molar-refractivity contribution is 0.610. The van der Waals surface area contributed by atoms with Gasteiger partial charge in [-0.15, -0.1) is 0 Å². The van der Waals surface area contributed by atoms with Gasteiger partial charge in [-0.25, -0.2) is 0 Å². The van der Waals surface area contributed by atoms with E-state index in [0.29, 0.717) is 12.0 Å². The van der Waals surface area contributed by atoms with E-state index in [-0.39, 0.29) is 0 Å². The molecule has 76 valence electrons. The van der Waals surface area contributed by atoms with Gasteiger partial charge < -0.3 is 5.73 Å². The van der Waals surface area contributed by atoms with E-state index in [9.17, 15) is 0 Å². The third-order valence-corrected chi connectivity index (χ3v) is 3.40. The van der Waals surface area contributed by atoms with E-state index < -0.39 is 0 Å². The van der Waals surface area contributed by atoms with Gasteiger partial charge >= 0.3 is 0 Å². The summed E-state index contributed by atoms with van der Waals surface area (Å²) in [7, 11) is 0. The summed E-state index contributed by atoms with van der Waals surface area (Å²) in [5.41, 5.74) is 10.4. The summed E-state index contributed by atoms with van der Waals surface area (Å²) >= 11 is 0. The smallest absolute Gasteiger partial charge is 0.0108 e. The maximum absolute atomic E-state index is 6.13. The first-order valence-electron chi connectivity index (χ1n) is 5.51. The van der Waals surface area contributed by atoms with Gasteiger partial charge in [0.25, 0.3) is 0 Å². The number of benzene rings is 1. The summed E-state index contributed by atoms with van der Waals surface area (Å²) in [6, 6.07) is 7.09. The normalized spacial score (nSPS) is 26.8. The Morgan fingerprint density at radius 1 is 1.21 bits per heavy atom. The summed E-state index contributed by atoms with van der Waals surface area (Å²) < 4.78 is 0. The van der Waals surface area contributed by atoms with Crippen LogP contribution >= 0.6 is 0 Å². The molecule has 14 heavy (non-hydrogen) atoms. The zero-order valence-corrected chi connectivity index (χ0v) is 9.09. The molecule has 0 radical (unpaired) electrons. The third-order valence-electron chi connectivity index (χ3n) is 3.40. The Morgan fingerprint density at radius 3 is 2.64 bits per heavy atom. The first kappa shape index (κ1) is 9.72. The molecule has 0 aromatic heterocycles. The molecule has 0 amide bonds. The van der Waals surface area contributed by atoms with Gasteiger partial charge in [0, 0.05) is 6.04 Å². The van der Waals surface area contributed by atoms with Crippen molar-refractivity contribution in [1.82, 2.24) is 0 Å². The van der Waals surface area contributed by atoms with Crippen LogP contribution in [-0.2, 0) is 0 Å². The molecule has 1 nitrogen and oxygen atoms in total. The number of hydrogen-bond acceptors (Lipinski definition) is 1. The Balaban J connectivity index is 2.34. The van der Waals surface area contributed by atoms with Crippen molar-refractivity contribution in [2.45, 2.75) is 45.1 Å². The molecule has 0 saturated heterocycles. The number of rotatable bonds is 1. The lowest BCUT2D eigenvalue weighted by Crippen LogP contribution is -2.23. The molecular formula is C13H19N. The van der Waals surface area contributed by atoms with Crippen LogP contribution in [0.2, 0.25) is 0 Å². The zero-order valence-electron chi connectivity index (χ0n) is 9.09. The summed E-state index contributed by atoms with van der Waals surface area (Å²) in [5, 5.41) is 0. The zero-order chi connectivity index (χ0) is 10.1. The maximum atomic E-state index is 6.13. The van der Waals surface area contributed by atoms with E-state index in [1.54, 1.807) is 0 Å².